The molecule has 4 heteroatoms. The largest absolute Gasteiger partial charge is 0.448 e. The lowest BCUT2D eigenvalue weighted by Gasteiger charge is -2.15. The first kappa shape index (κ1) is 16.3. The normalized spacial score (nSPS) is 12.4. The summed E-state index contributed by atoms with van der Waals surface area (Å²) in [6, 6.07) is 20.3. The van der Waals surface area contributed by atoms with Crippen molar-refractivity contribution in [2.45, 2.75) is 19.8 Å². The molecule has 0 spiro atoms. The highest BCUT2D eigenvalue weighted by Crippen LogP contribution is 2.44. The molecular weight excluding hydrogens is 324 g/mol. The number of aryl methyl sites for hydroxylation is 2. The standard InChI is InChI=1S/C22H20N2O2/c1-14-11-16(12-15(2)23-14)24-22(25)26-13-21-19-9-5-3-7-17(19)18-8-4-6-10-20(18)21/h3-12,21H,13H2,1-2H3,(H,23,24,25). The first-order valence-electron chi connectivity index (χ1n) is 8.69. The molecule has 0 atom stereocenters. The molecule has 130 valence electrons. The van der Waals surface area contributed by atoms with Gasteiger partial charge in [-0.3, -0.25) is 10.3 Å². The van der Waals surface area contributed by atoms with E-state index in [-0.39, 0.29) is 5.92 Å². The molecule has 1 N–H and O–H groups in total. The highest BCUT2D eigenvalue weighted by atomic mass is 16.5. The zero-order valence-electron chi connectivity index (χ0n) is 14.8. The molecule has 0 aliphatic heterocycles. The Kier molecular flexibility index (Phi) is 4.17. The Morgan fingerprint density at radius 2 is 1.50 bits per heavy atom. The Morgan fingerprint density at radius 1 is 0.962 bits per heavy atom. The fraction of sp³-hybridized carbons (Fsp3) is 0.182. The van der Waals surface area contributed by atoms with Crippen molar-refractivity contribution in [2.24, 2.45) is 0 Å². The predicted molar refractivity (Wildman–Crippen MR) is 102 cm³/mol. The Labute approximate surface area is 152 Å². The topological polar surface area (TPSA) is 51.2 Å². The minimum atomic E-state index is -0.447. The number of carbonyl (C=O) groups excluding carboxylic acids is 1. The van der Waals surface area contributed by atoms with E-state index in [0.717, 1.165) is 11.4 Å². The van der Waals surface area contributed by atoms with E-state index >= 15 is 0 Å². The van der Waals surface area contributed by atoms with Crippen LogP contribution in [-0.4, -0.2) is 17.7 Å². The molecule has 0 radical (unpaired) electrons. The summed E-state index contributed by atoms with van der Waals surface area (Å²) in [5.74, 6) is 0.0639. The van der Waals surface area contributed by atoms with Crippen LogP contribution in [0.25, 0.3) is 11.1 Å². The third-order valence-electron chi connectivity index (χ3n) is 4.67. The number of aromatic nitrogens is 1. The van der Waals surface area contributed by atoms with E-state index in [4.69, 9.17) is 4.74 Å². The number of nitrogens with zero attached hydrogens (tertiary/aromatic N) is 1. The van der Waals surface area contributed by atoms with Crippen LogP contribution < -0.4 is 5.32 Å². The van der Waals surface area contributed by atoms with E-state index in [1.165, 1.54) is 22.3 Å². The van der Waals surface area contributed by atoms with Crippen molar-refractivity contribution in [2.75, 3.05) is 11.9 Å². The van der Waals surface area contributed by atoms with Gasteiger partial charge in [0.25, 0.3) is 0 Å². The Bertz CT molecular complexity index is 916. The van der Waals surface area contributed by atoms with Gasteiger partial charge in [0.05, 0.1) is 0 Å². The summed E-state index contributed by atoms with van der Waals surface area (Å²) < 4.78 is 5.55. The summed E-state index contributed by atoms with van der Waals surface area (Å²) in [5, 5.41) is 2.79. The Balaban J connectivity index is 1.50. The molecule has 1 aliphatic rings. The number of fused-ring (bicyclic) bond motifs is 3. The smallest absolute Gasteiger partial charge is 0.411 e. The zero-order chi connectivity index (χ0) is 18.1. The van der Waals surface area contributed by atoms with Gasteiger partial charge in [0.15, 0.2) is 0 Å². The summed E-state index contributed by atoms with van der Waals surface area (Å²) in [5.41, 5.74) is 7.27. The Morgan fingerprint density at radius 3 is 2.08 bits per heavy atom. The van der Waals surface area contributed by atoms with Crippen molar-refractivity contribution in [3.05, 3.63) is 83.2 Å². The van der Waals surface area contributed by atoms with Crippen LogP contribution >= 0.6 is 0 Å². The third kappa shape index (κ3) is 3.06. The molecule has 1 heterocycles. The molecule has 0 bridgehead atoms. The van der Waals surface area contributed by atoms with Gasteiger partial charge in [0, 0.05) is 23.0 Å². The summed E-state index contributed by atoms with van der Waals surface area (Å²) in [6.45, 7) is 4.11. The van der Waals surface area contributed by atoms with Crippen LogP contribution in [0.4, 0.5) is 10.5 Å². The van der Waals surface area contributed by atoms with Gasteiger partial charge >= 0.3 is 6.09 Å². The number of rotatable bonds is 3. The highest BCUT2D eigenvalue weighted by molar-refractivity contribution is 5.85. The maximum atomic E-state index is 12.3. The van der Waals surface area contributed by atoms with Crippen LogP contribution in [0.3, 0.4) is 0 Å². The van der Waals surface area contributed by atoms with Crippen molar-refractivity contribution in [1.82, 2.24) is 4.98 Å². The quantitative estimate of drug-likeness (QED) is 0.722. The van der Waals surface area contributed by atoms with E-state index in [2.05, 4.69) is 34.6 Å². The lowest BCUT2D eigenvalue weighted by molar-refractivity contribution is 0.158. The predicted octanol–water partition coefficient (Wildman–Crippen LogP) is 5.06. The number of nitrogens with one attached hydrogen (secondary N) is 1. The van der Waals surface area contributed by atoms with Gasteiger partial charge in [-0.1, -0.05) is 48.5 Å². The molecule has 4 rings (SSSR count). The number of amides is 1. The molecule has 1 amide bonds. The number of ether oxygens (including phenoxy) is 1. The molecule has 1 aliphatic carbocycles. The number of hydrogen-bond donors (Lipinski definition) is 1. The second kappa shape index (κ2) is 6.64. The maximum absolute atomic E-state index is 12.3. The van der Waals surface area contributed by atoms with E-state index in [9.17, 15) is 4.79 Å². The van der Waals surface area contributed by atoms with Crippen molar-refractivity contribution in [3.63, 3.8) is 0 Å². The lowest BCUT2D eigenvalue weighted by atomic mass is 9.98. The first-order chi connectivity index (χ1) is 12.6. The Hall–Kier alpha value is -3.14. The van der Waals surface area contributed by atoms with Crippen LogP contribution in [-0.2, 0) is 4.74 Å². The van der Waals surface area contributed by atoms with E-state index in [1.54, 1.807) is 0 Å². The van der Waals surface area contributed by atoms with Crippen molar-refractivity contribution in [1.29, 1.82) is 0 Å². The van der Waals surface area contributed by atoms with Crippen LogP contribution in [0.5, 0.6) is 0 Å². The van der Waals surface area contributed by atoms with Crippen molar-refractivity contribution < 1.29 is 9.53 Å². The minimum absolute atomic E-state index is 0.0639. The van der Waals surface area contributed by atoms with E-state index < -0.39 is 6.09 Å². The van der Waals surface area contributed by atoms with Crippen LogP contribution in [0.2, 0.25) is 0 Å². The molecule has 26 heavy (non-hydrogen) atoms. The van der Waals surface area contributed by atoms with Crippen LogP contribution in [0.15, 0.2) is 60.7 Å². The molecule has 0 saturated heterocycles. The molecule has 0 unspecified atom stereocenters. The van der Waals surface area contributed by atoms with E-state index in [1.807, 2.05) is 50.2 Å². The molecular formula is C22H20N2O2. The van der Waals surface area contributed by atoms with Gasteiger partial charge in [-0.25, -0.2) is 4.79 Å². The molecule has 3 aromatic rings. The first-order valence-corrected chi connectivity index (χ1v) is 8.69. The van der Waals surface area contributed by atoms with Gasteiger partial charge in [0.2, 0.25) is 0 Å². The SMILES string of the molecule is Cc1cc(NC(=O)OCC2c3ccccc3-c3ccccc32)cc(C)n1. The van der Waals surface area contributed by atoms with Crippen LogP contribution in [0, 0.1) is 13.8 Å². The molecule has 4 nitrogen and oxygen atoms in total. The van der Waals surface area contributed by atoms with Gasteiger partial charge in [-0.05, 0) is 48.2 Å². The number of benzene rings is 2. The van der Waals surface area contributed by atoms with Gasteiger partial charge in [-0.2, -0.15) is 0 Å². The fourth-order valence-corrected chi connectivity index (χ4v) is 3.66. The zero-order valence-corrected chi connectivity index (χ0v) is 14.8. The second-order valence-electron chi connectivity index (χ2n) is 6.59. The molecule has 1 aromatic heterocycles. The van der Waals surface area contributed by atoms with Crippen molar-refractivity contribution >= 4 is 11.8 Å². The number of hydrogen-bond acceptors (Lipinski definition) is 3. The second-order valence-corrected chi connectivity index (χ2v) is 6.59. The van der Waals surface area contributed by atoms with Crippen molar-refractivity contribution in [3.8, 4) is 11.1 Å². The summed E-state index contributed by atoms with van der Waals surface area (Å²) >= 11 is 0. The van der Waals surface area contributed by atoms with Gasteiger partial charge in [-0.15, -0.1) is 0 Å². The number of anilines is 1. The monoisotopic (exact) mass is 344 g/mol. The molecule has 2 aromatic carbocycles. The minimum Gasteiger partial charge on any atom is -0.448 e. The number of carbonyl (C=O) groups is 1. The summed E-state index contributed by atoms with van der Waals surface area (Å²) in [7, 11) is 0. The summed E-state index contributed by atoms with van der Waals surface area (Å²) in [6.07, 6.45) is -0.447. The van der Waals surface area contributed by atoms with Crippen LogP contribution in [0.1, 0.15) is 28.4 Å². The van der Waals surface area contributed by atoms with Gasteiger partial charge < -0.3 is 4.74 Å². The lowest BCUT2D eigenvalue weighted by Crippen LogP contribution is -2.18. The average molecular weight is 344 g/mol. The summed E-state index contributed by atoms with van der Waals surface area (Å²) in [4.78, 5) is 16.6. The highest BCUT2D eigenvalue weighted by Gasteiger charge is 2.28. The molecule has 0 fully saturated rings. The third-order valence-corrected chi connectivity index (χ3v) is 4.67. The average Bonchev–Trinajstić information content (AvgIpc) is 2.93. The molecule has 0 saturated carbocycles. The van der Waals surface area contributed by atoms with Gasteiger partial charge in [0.1, 0.15) is 6.61 Å². The number of pyridine rings is 1. The fourth-order valence-electron chi connectivity index (χ4n) is 3.66. The van der Waals surface area contributed by atoms with E-state index in [0.29, 0.717) is 12.3 Å². The maximum Gasteiger partial charge on any atom is 0.411 e.